The van der Waals surface area contributed by atoms with Gasteiger partial charge in [0.2, 0.25) is 0 Å². The zero-order chi connectivity index (χ0) is 21.6. The Kier molecular flexibility index (Phi) is 11.0. The van der Waals surface area contributed by atoms with E-state index in [1.165, 1.54) is 18.2 Å². The molecule has 162 valence electrons. The minimum atomic E-state index is -0.194. The first-order chi connectivity index (χ1) is 14.7. The highest BCUT2D eigenvalue weighted by molar-refractivity contribution is 7.99. The zero-order valence-electron chi connectivity index (χ0n) is 17.8. The summed E-state index contributed by atoms with van der Waals surface area (Å²) in [6.45, 7) is 5.22. The minimum Gasteiger partial charge on any atom is -0.489 e. The van der Waals surface area contributed by atoms with Gasteiger partial charge in [0.1, 0.15) is 18.0 Å². The summed E-state index contributed by atoms with van der Waals surface area (Å²) in [5, 5.41) is 3.12. The Morgan fingerprint density at radius 3 is 2.63 bits per heavy atom. The Bertz CT molecular complexity index is 782. The summed E-state index contributed by atoms with van der Waals surface area (Å²) >= 11 is 1.43. The number of carbonyl (C=O) groups is 1. The minimum absolute atomic E-state index is 0.194. The molecule has 0 N–H and O–H groups in total. The van der Waals surface area contributed by atoms with Crippen LogP contribution in [0.5, 0.6) is 5.75 Å². The molecule has 0 heterocycles. The molecular weight excluding hydrogens is 398 g/mol. The van der Waals surface area contributed by atoms with Gasteiger partial charge in [0.15, 0.2) is 0 Å². The average molecular weight is 430 g/mol. The van der Waals surface area contributed by atoms with Crippen LogP contribution in [0.1, 0.15) is 51.5 Å². The normalized spacial score (nSPS) is 11.7. The van der Waals surface area contributed by atoms with Crippen LogP contribution < -0.4 is 4.74 Å². The lowest BCUT2D eigenvalue weighted by Crippen LogP contribution is -2.14. The van der Waals surface area contributed by atoms with Gasteiger partial charge in [0, 0.05) is 16.7 Å². The van der Waals surface area contributed by atoms with E-state index in [0.717, 1.165) is 29.7 Å². The van der Waals surface area contributed by atoms with Gasteiger partial charge in [0.05, 0.1) is 13.0 Å². The molecule has 6 heteroatoms. The number of esters is 1. The number of unbranched alkanes of at least 4 members (excludes halogenated alkanes) is 1. The van der Waals surface area contributed by atoms with Crippen molar-refractivity contribution < 1.29 is 14.3 Å². The fourth-order valence-electron chi connectivity index (χ4n) is 2.95. The van der Waals surface area contributed by atoms with E-state index in [2.05, 4.69) is 19.0 Å². The number of nitrogens with zero attached hydrogens (tertiary/aromatic N) is 1. The van der Waals surface area contributed by atoms with Gasteiger partial charge in [-0.05, 0) is 35.2 Å². The van der Waals surface area contributed by atoms with Crippen LogP contribution in [0, 0.1) is 10.8 Å². The van der Waals surface area contributed by atoms with E-state index in [9.17, 15) is 9.70 Å². The van der Waals surface area contributed by atoms with Crippen LogP contribution in [0.25, 0.3) is 0 Å². The molecule has 1 atom stereocenters. The molecule has 0 saturated carbocycles. The molecule has 0 aliphatic carbocycles. The molecule has 0 aliphatic heterocycles. The summed E-state index contributed by atoms with van der Waals surface area (Å²) in [7, 11) is 0. The summed E-state index contributed by atoms with van der Waals surface area (Å²) in [6.07, 6.45) is 4.75. The first kappa shape index (κ1) is 23.9. The van der Waals surface area contributed by atoms with Crippen LogP contribution in [-0.4, -0.2) is 18.3 Å². The number of hydrogen-bond donors (Lipinski definition) is 0. The molecule has 0 fully saturated rings. The Balaban J connectivity index is 1.77. The molecule has 0 aliphatic rings. The van der Waals surface area contributed by atoms with E-state index in [0.29, 0.717) is 42.7 Å². The molecule has 0 bridgehead atoms. The van der Waals surface area contributed by atoms with Crippen molar-refractivity contribution in [1.29, 1.82) is 0 Å². The number of benzene rings is 2. The van der Waals surface area contributed by atoms with Crippen molar-refractivity contribution in [2.45, 2.75) is 57.5 Å². The fourth-order valence-corrected chi connectivity index (χ4v) is 3.84. The van der Waals surface area contributed by atoms with Gasteiger partial charge in [0.25, 0.3) is 0 Å². The highest BCUT2D eigenvalue weighted by atomic mass is 32.2. The van der Waals surface area contributed by atoms with Crippen molar-refractivity contribution in [2.24, 2.45) is 11.1 Å². The molecule has 0 radical (unpaired) electrons. The molecule has 5 nitrogen and oxygen atoms in total. The van der Waals surface area contributed by atoms with E-state index in [-0.39, 0.29) is 5.97 Å². The fraction of sp³-hybridized carbons (Fsp3) is 0.458. The molecule has 2 aromatic rings. The van der Waals surface area contributed by atoms with Crippen molar-refractivity contribution in [3.63, 3.8) is 0 Å². The number of carbonyl (C=O) groups excluding carboxylic acids is 1. The van der Waals surface area contributed by atoms with Gasteiger partial charge in [-0.1, -0.05) is 63.4 Å². The summed E-state index contributed by atoms with van der Waals surface area (Å²) in [5.74, 6) is 1.38. The van der Waals surface area contributed by atoms with Gasteiger partial charge >= 0.3 is 5.97 Å². The zero-order valence-corrected chi connectivity index (χ0v) is 18.7. The Hall–Kier alpha value is -2.34. The average Bonchev–Trinajstić information content (AvgIpc) is 2.79. The maximum atomic E-state index is 12.0. The van der Waals surface area contributed by atoms with E-state index >= 15 is 0 Å². The third-order valence-corrected chi connectivity index (χ3v) is 5.93. The topological polar surface area (TPSA) is 65.0 Å². The lowest BCUT2D eigenvalue weighted by molar-refractivity contribution is -0.144. The van der Waals surface area contributed by atoms with Crippen LogP contribution >= 0.6 is 11.8 Å². The van der Waals surface area contributed by atoms with Crippen LogP contribution in [0.3, 0.4) is 0 Å². The van der Waals surface area contributed by atoms with E-state index in [4.69, 9.17) is 9.47 Å². The van der Waals surface area contributed by atoms with Crippen LogP contribution in [0.4, 0.5) is 5.69 Å². The molecule has 2 aromatic carbocycles. The first-order valence-electron chi connectivity index (χ1n) is 10.6. The third-order valence-electron chi connectivity index (χ3n) is 4.86. The Morgan fingerprint density at radius 1 is 1.13 bits per heavy atom. The molecule has 0 saturated heterocycles. The molecular formula is C24H31NO4S. The number of thioether (sulfide) groups is 1. The molecule has 2 rings (SSSR count). The highest BCUT2D eigenvalue weighted by Gasteiger charge is 2.12. The van der Waals surface area contributed by atoms with Gasteiger partial charge < -0.3 is 9.47 Å². The number of ether oxygens (including phenoxy) is 2. The maximum absolute atomic E-state index is 12.0. The quantitative estimate of drug-likeness (QED) is 0.185. The van der Waals surface area contributed by atoms with E-state index < -0.39 is 0 Å². The monoisotopic (exact) mass is 429 g/mol. The number of rotatable bonds is 14. The summed E-state index contributed by atoms with van der Waals surface area (Å²) in [4.78, 5) is 24.0. The lowest BCUT2D eigenvalue weighted by Gasteiger charge is -2.14. The summed E-state index contributed by atoms with van der Waals surface area (Å²) in [5.41, 5.74) is 1.37. The second-order valence-corrected chi connectivity index (χ2v) is 8.33. The van der Waals surface area contributed by atoms with Crippen molar-refractivity contribution in [2.75, 3.05) is 12.4 Å². The maximum Gasteiger partial charge on any atom is 0.306 e. The predicted octanol–water partition coefficient (Wildman–Crippen LogP) is 6.91. The van der Waals surface area contributed by atoms with Crippen LogP contribution in [0.15, 0.2) is 58.6 Å². The van der Waals surface area contributed by atoms with Gasteiger partial charge in [-0.3, -0.25) is 4.79 Å². The van der Waals surface area contributed by atoms with Crippen molar-refractivity contribution in [1.82, 2.24) is 0 Å². The van der Waals surface area contributed by atoms with E-state index in [1.807, 2.05) is 42.5 Å². The highest BCUT2D eigenvalue weighted by Crippen LogP contribution is 2.33. The van der Waals surface area contributed by atoms with Gasteiger partial charge in [-0.2, -0.15) is 0 Å². The smallest absolute Gasteiger partial charge is 0.306 e. The largest absolute Gasteiger partial charge is 0.489 e. The van der Waals surface area contributed by atoms with Crippen molar-refractivity contribution in [3.8, 4) is 5.75 Å². The molecule has 0 amide bonds. The van der Waals surface area contributed by atoms with E-state index in [1.54, 1.807) is 6.07 Å². The van der Waals surface area contributed by atoms with Gasteiger partial charge in [-0.25, -0.2) is 0 Å². The number of hydrogen-bond acceptors (Lipinski definition) is 6. The molecule has 0 spiro atoms. The van der Waals surface area contributed by atoms with Gasteiger partial charge in [-0.15, -0.1) is 16.7 Å². The second-order valence-electron chi connectivity index (χ2n) is 7.19. The van der Waals surface area contributed by atoms with Crippen LogP contribution in [-0.2, 0) is 16.1 Å². The predicted molar refractivity (Wildman–Crippen MR) is 122 cm³/mol. The van der Waals surface area contributed by atoms with Crippen LogP contribution in [0.2, 0.25) is 0 Å². The Morgan fingerprint density at radius 2 is 1.93 bits per heavy atom. The molecule has 1 unspecified atom stereocenters. The Labute approximate surface area is 183 Å². The number of nitroso groups, excluding NO2 is 1. The standard InChI is InChI=1S/C24H31NO4S/c1-3-5-9-19(4-2)17-29-24(26)14-15-30-23-13-12-21(16-22(23)25-27)28-18-20-10-7-6-8-11-20/h6-8,10-13,16,19H,3-5,9,14-15,17-18H2,1-2H3. The second kappa shape index (κ2) is 13.8. The SMILES string of the molecule is CCCCC(CC)COC(=O)CCSc1ccc(OCc2ccccc2)cc1N=O. The van der Waals surface area contributed by atoms with Crippen molar-refractivity contribution in [3.05, 3.63) is 59.0 Å². The van der Waals surface area contributed by atoms with Crippen molar-refractivity contribution >= 4 is 23.4 Å². The molecule has 30 heavy (non-hydrogen) atoms. The summed E-state index contributed by atoms with van der Waals surface area (Å²) < 4.78 is 11.2. The third kappa shape index (κ3) is 8.57. The lowest BCUT2D eigenvalue weighted by atomic mass is 10.0. The molecule has 0 aromatic heterocycles. The summed E-state index contributed by atoms with van der Waals surface area (Å²) in [6, 6.07) is 15.1. The first-order valence-corrected chi connectivity index (χ1v) is 11.6.